The number of rotatable bonds is 1. The van der Waals surface area contributed by atoms with Gasteiger partial charge in [-0.25, -0.2) is 4.79 Å². The molecule has 0 unspecified atom stereocenters. The minimum Gasteiger partial charge on any atom is -0.477 e. The fourth-order valence-electron chi connectivity index (χ4n) is 1.28. The summed E-state index contributed by atoms with van der Waals surface area (Å²) in [6.45, 7) is 0. The van der Waals surface area contributed by atoms with Gasteiger partial charge in [0.05, 0.1) is 0 Å². The number of halogens is 1. The summed E-state index contributed by atoms with van der Waals surface area (Å²) in [7, 11) is 0. The molecule has 1 aromatic rings. The highest BCUT2D eigenvalue weighted by atomic mass is 79.9. The van der Waals surface area contributed by atoms with E-state index in [0.717, 1.165) is 20.7 Å². The third-order valence-corrected chi connectivity index (χ3v) is 3.56. The SMILES string of the molecule is O=C(O)c1cc2c(s1)=CC(Br)=CCC=2. The molecule has 1 aliphatic rings. The largest absolute Gasteiger partial charge is 0.477 e. The Hall–Kier alpha value is -0.870. The first-order valence-corrected chi connectivity index (χ1v) is 5.68. The van der Waals surface area contributed by atoms with Crippen LogP contribution < -0.4 is 9.75 Å². The predicted molar refractivity (Wildman–Crippen MR) is 61.1 cm³/mol. The van der Waals surface area contributed by atoms with Crippen LogP contribution >= 0.6 is 27.3 Å². The highest BCUT2D eigenvalue weighted by Gasteiger charge is 2.06. The van der Waals surface area contributed by atoms with Crippen LogP contribution in [0.15, 0.2) is 16.6 Å². The zero-order valence-corrected chi connectivity index (χ0v) is 9.56. The first kappa shape index (κ1) is 9.68. The molecule has 4 heteroatoms. The third-order valence-electron chi connectivity index (χ3n) is 1.92. The zero-order valence-electron chi connectivity index (χ0n) is 7.16. The molecule has 72 valence electrons. The lowest BCUT2D eigenvalue weighted by molar-refractivity contribution is 0.0702. The van der Waals surface area contributed by atoms with Gasteiger partial charge in [0.15, 0.2) is 0 Å². The molecule has 0 spiro atoms. The molecule has 14 heavy (non-hydrogen) atoms. The van der Waals surface area contributed by atoms with Crippen LogP contribution in [0.1, 0.15) is 16.1 Å². The molecule has 0 saturated carbocycles. The van der Waals surface area contributed by atoms with Gasteiger partial charge in [0, 0.05) is 9.01 Å². The van der Waals surface area contributed by atoms with Gasteiger partial charge in [-0.2, -0.15) is 0 Å². The molecule has 0 atom stereocenters. The van der Waals surface area contributed by atoms with Crippen LogP contribution in [0.3, 0.4) is 0 Å². The van der Waals surface area contributed by atoms with Crippen molar-refractivity contribution in [3.63, 3.8) is 0 Å². The quantitative estimate of drug-likeness (QED) is 0.844. The average Bonchev–Trinajstić information content (AvgIpc) is 2.42. The van der Waals surface area contributed by atoms with Crippen molar-refractivity contribution >= 4 is 45.4 Å². The molecular weight excluding hydrogens is 264 g/mol. The van der Waals surface area contributed by atoms with Crippen LogP contribution in [0.2, 0.25) is 0 Å². The smallest absolute Gasteiger partial charge is 0.345 e. The minimum atomic E-state index is -0.857. The van der Waals surface area contributed by atoms with Gasteiger partial charge in [0.25, 0.3) is 0 Å². The number of hydrogen-bond donors (Lipinski definition) is 1. The van der Waals surface area contributed by atoms with E-state index >= 15 is 0 Å². The summed E-state index contributed by atoms with van der Waals surface area (Å²) in [5, 5.41) is 9.84. The lowest BCUT2D eigenvalue weighted by Gasteiger charge is -1.83. The highest BCUT2D eigenvalue weighted by molar-refractivity contribution is 9.12. The highest BCUT2D eigenvalue weighted by Crippen LogP contribution is 2.11. The van der Waals surface area contributed by atoms with Crippen molar-refractivity contribution in [3.05, 3.63) is 31.3 Å². The van der Waals surface area contributed by atoms with Crippen LogP contribution in [0.25, 0.3) is 12.2 Å². The van der Waals surface area contributed by atoms with Gasteiger partial charge in [0.2, 0.25) is 0 Å². The van der Waals surface area contributed by atoms with Crippen LogP contribution in [0.4, 0.5) is 0 Å². The lowest BCUT2D eigenvalue weighted by Crippen LogP contribution is -2.16. The Morgan fingerprint density at radius 2 is 2.29 bits per heavy atom. The number of allylic oxidation sites excluding steroid dienone is 2. The van der Waals surface area contributed by atoms with E-state index in [1.54, 1.807) is 6.07 Å². The van der Waals surface area contributed by atoms with E-state index in [1.807, 2.05) is 18.2 Å². The van der Waals surface area contributed by atoms with Crippen LogP contribution in [-0.4, -0.2) is 11.1 Å². The predicted octanol–water partition coefficient (Wildman–Crippen LogP) is 1.69. The van der Waals surface area contributed by atoms with E-state index in [-0.39, 0.29) is 0 Å². The van der Waals surface area contributed by atoms with Gasteiger partial charge in [-0.15, -0.1) is 11.3 Å². The molecule has 0 fully saturated rings. The Kier molecular flexibility index (Phi) is 2.56. The molecule has 0 aromatic carbocycles. The van der Waals surface area contributed by atoms with Gasteiger partial charge in [-0.3, -0.25) is 0 Å². The molecular formula is C10H7BrO2S. The number of thiophene rings is 1. The number of carbonyl (C=O) groups is 1. The van der Waals surface area contributed by atoms with Crippen molar-refractivity contribution in [1.29, 1.82) is 0 Å². The summed E-state index contributed by atoms with van der Waals surface area (Å²) in [5.74, 6) is -0.857. The van der Waals surface area contributed by atoms with E-state index in [1.165, 1.54) is 11.3 Å². The number of carboxylic acids is 1. The van der Waals surface area contributed by atoms with Crippen molar-refractivity contribution in [2.75, 3.05) is 0 Å². The Morgan fingerprint density at radius 3 is 3.00 bits per heavy atom. The summed E-state index contributed by atoms with van der Waals surface area (Å²) in [4.78, 5) is 11.1. The number of carboxylic acid groups (broad SMARTS) is 1. The van der Waals surface area contributed by atoms with Crippen molar-refractivity contribution < 1.29 is 9.90 Å². The first-order valence-electron chi connectivity index (χ1n) is 4.07. The molecule has 1 aromatic heterocycles. The van der Waals surface area contributed by atoms with Crippen molar-refractivity contribution in [2.45, 2.75) is 6.42 Å². The topological polar surface area (TPSA) is 37.3 Å². The molecule has 0 amide bonds. The Labute approximate surface area is 93.0 Å². The fourth-order valence-corrected chi connectivity index (χ4v) is 2.80. The zero-order chi connectivity index (χ0) is 10.1. The number of fused-ring (bicyclic) bond motifs is 1. The van der Waals surface area contributed by atoms with Gasteiger partial charge < -0.3 is 5.11 Å². The molecule has 1 heterocycles. The number of aromatic carboxylic acids is 1. The second kappa shape index (κ2) is 3.71. The molecule has 0 radical (unpaired) electrons. The maximum atomic E-state index is 10.7. The maximum Gasteiger partial charge on any atom is 0.345 e. The summed E-state index contributed by atoms with van der Waals surface area (Å²) < 4.78 is 2.01. The normalized spacial score (nSPS) is 14.5. The van der Waals surface area contributed by atoms with E-state index in [4.69, 9.17) is 5.11 Å². The second-order valence-electron chi connectivity index (χ2n) is 2.91. The molecule has 0 saturated heterocycles. The van der Waals surface area contributed by atoms with Crippen molar-refractivity contribution in [1.82, 2.24) is 0 Å². The second-order valence-corrected chi connectivity index (χ2v) is 4.91. The van der Waals surface area contributed by atoms with Gasteiger partial charge in [-0.05, 0) is 23.8 Å². The van der Waals surface area contributed by atoms with E-state index in [9.17, 15) is 4.79 Å². The molecule has 1 N–H and O–H groups in total. The maximum absolute atomic E-state index is 10.7. The van der Waals surface area contributed by atoms with E-state index in [0.29, 0.717) is 4.88 Å². The van der Waals surface area contributed by atoms with Crippen molar-refractivity contribution in [3.8, 4) is 0 Å². The Bertz CT molecular complexity index is 525. The molecule has 1 aliphatic carbocycles. The standard InChI is InChI=1S/C10H7BrO2S/c11-7-3-1-2-6-4-9(10(12)13)14-8(6)5-7/h2-5H,1H2,(H,12,13). The first-order chi connectivity index (χ1) is 6.66. The summed E-state index contributed by atoms with van der Waals surface area (Å²) in [6.07, 6.45) is 6.87. The third kappa shape index (κ3) is 1.81. The molecule has 2 nitrogen and oxygen atoms in total. The summed E-state index contributed by atoms with van der Waals surface area (Å²) in [6, 6.07) is 1.72. The molecule has 0 bridgehead atoms. The monoisotopic (exact) mass is 270 g/mol. The van der Waals surface area contributed by atoms with Crippen molar-refractivity contribution in [2.24, 2.45) is 0 Å². The van der Waals surface area contributed by atoms with E-state index in [2.05, 4.69) is 15.9 Å². The summed E-state index contributed by atoms with van der Waals surface area (Å²) in [5.41, 5.74) is 0. The Balaban J connectivity index is 2.67. The van der Waals surface area contributed by atoms with Crippen LogP contribution in [0.5, 0.6) is 0 Å². The van der Waals surface area contributed by atoms with E-state index < -0.39 is 5.97 Å². The minimum absolute atomic E-state index is 0.393. The molecule has 0 aliphatic heterocycles. The average molecular weight is 271 g/mol. The number of hydrogen-bond acceptors (Lipinski definition) is 2. The van der Waals surface area contributed by atoms with Gasteiger partial charge >= 0.3 is 5.97 Å². The van der Waals surface area contributed by atoms with Gasteiger partial charge in [-0.1, -0.05) is 28.1 Å². The lowest BCUT2D eigenvalue weighted by atomic mass is 10.3. The Morgan fingerprint density at radius 1 is 1.50 bits per heavy atom. The van der Waals surface area contributed by atoms with Gasteiger partial charge in [0.1, 0.15) is 4.88 Å². The molecule has 2 rings (SSSR count). The van der Waals surface area contributed by atoms with Crippen LogP contribution in [-0.2, 0) is 0 Å². The summed E-state index contributed by atoms with van der Waals surface area (Å²) >= 11 is 4.70. The van der Waals surface area contributed by atoms with Crippen LogP contribution in [0, 0.1) is 0 Å². The fraction of sp³-hybridized carbons (Fsp3) is 0.100.